The van der Waals surface area contributed by atoms with E-state index in [1.54, 1.807) is 48.5 Å². The predicted molar refractivity (Wildman–Crippen MR) is 196 cm³/mol. The van der Waals surface area contributed by atoms with Gasteiger partial charge in [0.15, 0.2) is 0 Å². The van der Waals surface area contributed by atoms with Crippen LogP contribution in [0.5, 0.6) is 5.75 Å². The van der Waals surface area contributed by atoms with Gasteiger partial charge in [0.05, 0.1) is 12.0 Å². The fourth-order valence-corrected chi connectivity index (χ4v) is 5.66. The Balaban J connectivity index is 1.41. The molecule has 0 fully saturated rings. The lowest BCUT2D eigenvalue weighted by atomic mass is 10.1. The van der Waals surface area contributed by atoms with E-state index in [4.69, 9.17) is 5.26 Å². The van der Waals surface area contributed by atoms with E-state index >= 15 is 0 Å². The number of phenolic OH excluding ortho intramolecular Hbond substituents is 1. The molecule has 0 aliphatic heterocycles. The van der Waals surface area contributed by atoms with E-state index in [0.29, 0.717) is 50.5 Å². The highest BCUT2D eigenvalue weighted by atomic mass is 32.2. The molecule has 0 bridgehead atoms. The molecular weight excluding hydrogens is 646 g/mol. The molecule has 15 heteroatoms. The molecule has 0 aliphatic rings. The van der Waals surface area contributed by atoms with E-state index < -0.39 is 0 Å². The van der Waals surface area contributed by atoms with Crippen molar-refractivity contribution in [1.82, 2.24) is 24.8 Å². The second-order valence-electron chi connectivity index (χ2n) is 11.2. The number of amides is 1. The smallest absolute Gasteiger partial charge is 0.255 e. The summed E-state index contributed by atoms with van der Waals surface area (Å²) in [6, 6.07) is 15.4. The van der Waals surface area contributed by atoms with Gasteiger partial charge in [-0.15, -0.1) is 4.33 Å². The van der Waals surface area contributed by atoms with Crippen molar-refractivity contribution in [3.8, 4) is 5.75 Å². The summed E-state index contributed by atoms with van der Waals surface area (Å²) in [4.78, 5) is 32.2. The van der Waals surface area contributed by atoms with Gasteiger partial charge in [-0.25, -0.2) is 5.26 Å². The van der Waals surface area contributed by atoms with Gasteiger partial charge in [-0.05, 0) is 112 Å². The zero-order chi connectivity index (χ0) is 35.0. The molecule has 4 rings (SSSR count). The molecule has 0 unspecified atom stereocenters. The van der Waals surface area contributed by atoms with Crippen LogP contribution in [-0.4, -0.2) is 93.4 Å². The number of aromatic nitrogens is 3. The Kier molecular flexibility index (Phi) is 15.1. The van der Waals surface area contributed by atoms with Crippen LogP contribution < -0.4 is 21.3 Å². The van der Waals surface area contributed by atoms with E-state index in [-0.39, 0.29) is 11.7 Å². The summed E-state index contributed by atoms with van der Waals surface area (Å²) in [5, 5.41) is 36.5. The van der Waals surface area contributed by atoms with E-state index in [1.807, 2.05) is 0 Å². The van der Waals surface area contributed by atoms with Crippen LogP contribution >= 0.6 is 12.0 Å². The van der Waals surface area contributed by atoms with Crippen molar-refractivity contribution in [3.63, 3.8) is 0 Å². The van der Waals surface area contributed by atoms with E-state index in [2.05, 4.69) is 83.1 Å². The number of benzene rings is 3. The highest BCUT2D eigenvalue weighted by Crippen LogP contribution is 2.33. The molecule has 264 valence electrons. The molecule has 0 spiro atoms. The molecule has 6 N–H and O–H groups in total. The van der Waals surface area contributed by atoms with Crippen LogP contribution in [0, 0.1) is 0 Å². The molecule has 0 radical (unpaired) electrons. The molecule has 0 aliphatic carbocycles. The Morgan fingerprint density at radius 2 is 1.35 bits per heavy atom. The minimum absolute atomic E-state index is 0.0251. The molecular formula is C34H47N9O5S. The molecule has 1 heterocycles. The molecule has 0 saturated carbocycles. The van der Waals surface area contributed by atoms with Gasteiger partial charge >= 0.3 is 0 Å². The number of hydrogen-bond donors (Lipinski definition) is 6. The number of nitrogens with zero attached hydrogens (tertiary/aromatic N) is 5. The van der Waals surface area contributed by atoms with Gasteiger partial charge in [-0.2, -0.15) is 15.0 Å². The summed E-state index contributed by atoms with van der Waals surface area (Å²) in [5.74, 6) is 1.09. The third kappa shape index (κ3) is 11.7. The molecule has 1 aromatic heterocycles. The highest BCUT2D eigenvalue weighted by Gasteiger charge is 2.12. The number of anilines is 5. The van der Waals surface area contributed by atoms with Crippen molar-refractivity contribution < 1.29 is 24.5 Å². The highest BCUT2D eigenvalue weighted by molar-refractivity contribution is 7.94. The monoisotopic (exact) mass is 693 g/mol. The second-order valence-corrected chi connectivity index (χ2v) is 12.0. The number of aromatic hydroxyl groups is 1. The van der Waals surface area contributed by atoms with Crippen molar-refractivity contribution in [2.45, 2.75) is 45.4 Å². The van der Waals surface area contributed by atoms with Crippen LogP contribution in [-0.2, 0) is 9.37 Å². The van der Waals surface area contributed by atoms with Crippen LogP contribution in [0.3, 0.4) is 0 Å². The first kappa shape index (κ1) is 37.6. The van der Waals surface area contributed by atoms with Crippen molar-refractivity contribution in [2.75, 3.05) is 73.6 Å². The van der Waals surface area contributed by atoms with Crippen molar-refractivity contribution in [1.29, 1.82) is 0 Å². The molecule has 14 nitrogen and oxygen atoms in total. The molecule has 0 saturated heterocycles. The second kappa shape index (κ2) is 19.7. The number of carbonyl (C=O) groups is 1. The first-order valence-corrected chi connectivity index (χ1v) is 17.4. The molecule has 1 amide bonds. The number of phenols is 1. The fraction of sp³-hybridized carbons (Fsp3) is 0.412. The van der Waals surface area contributed by atoms with Crippen LogP contribution in [0.15, 0.2) is 59.5 Å². The summed E-state index contributed by atoms with van der Waals surface area (Å²) < 4.78 is 4.47. The van der Waals surface area contributed by atoms with Crippen LogP contribution in [0.1, 0.15) is 50.9 Å². The van der Waals surface area contributed by atoms with Gasteiger partial charge in [0.25, 0.3) is 5.91 Å². The molecule has 4 aromatic rings. The molecule has 0 atom stereocenters. The van der Waals surface area contributed by atoms with E-state index in [9.17, 15) is 9.90 Å². The number of fused-ring (bicyclic) bond motifs is 1. The predicted octanol–water partition coefficient (Wildman–Crippen LogP) is 6.44. The molecule has 49 heavy (non-hydrogen) atoms. The Labute approximate surface area is 291 Å². The first-order chi connectivity index (χ1) is 23.8. The average molecular weight is 694 g/mol. The van der Waals surface area contributed by atoms with E-state index in [0.717, 1.165) is 77.2 Å². The zero-order valence-electron chi connectivity index (χ0n) is 28.5. The number of carbonyl (C=O) groups excluding carboxylic acids is 1. The quantitative estimate of drug-likeness (QED) is 0.0244. The minimum atomic E-state index is -0.301. The minimum Gasteiger partial charge on any atom is -0.507 e. The number of hydrogen-bond acceptors (Lipinski definition) is 14. The number of rotatable bonds is 21. The van der Waals surface area contributed by atoms with Gasteiger partial charge in [0.1, 0.15) is 5.75 Å². The van der Waals surface area contributed by atoms with Gasteiger partial charge in [-0.1, -0.05) is 32.7 Å². The SMILES string of the molecule is CCN(CC)CCCNc1nc(NCCCN(CC)CC)nc(Nc2ccc(C(=O)Nc3ccc4c(O)cc(SOOO)cc4c3)cc2)n1. The van der Waals surface area contributed by atoms with Gasteiger partial charge in [0, 0.05) is 40.3 Å². The van der Waals surface area contributed by atoms with Gasteiger partial charge < -0.3 is 36.2 Å². The lowest BCUT2D eigenvalue weighted by Crippen LogP contribution is -2.26. The summed E-state index contributed by atoms with van der Waals surface area (Å²) >= 11 is 0.734. The fourth-order valence-electron chi connectivity index (χ4n) is 5.22. The third-order valence-corrected chi connectivity index (χ3v) is 8.58. The normalized spacial score (nSPS) is 11.3. The lowest BCUT2D eigenvalue weighted by molar-refractivity contribution is -0.432. The summed E-state index contributed by atoms with van der Waals surface area (Å²) in [7, 11) is 0. The Bertz CT molecular complexity index is 1580. The Hall–Kier alpha value is -4.25. The first-order valence-electron chi connectivity index (χ1n) is 16.6. The van der Waals surface area contributed by atoms with Crippen LogP contribution in [0.4, 0.5) is 29.2 Å². The summed E-state index contributed by atoms with van der Waals surface area (Å²) in [6.07, 6.45) is 1.92. The van der Waals surface area contributed by atoms with Crippen molar-refractivity contribution in [3.05, 3.63) is 60.2 Å². The number of nitrogens with one attached hydrogen (secondary N) is 4. The summed E-state index contributed by atoms with van der Waals surface area (Å²) in [6.45, 7) is 16.2. The summed E-state index contributed by atoms with van der Waals surface area (Å²) in [5.41, 5.74) is 1.70. The maximum Gasteiger partial charge on any atom is 0.255 e. The zero-order valence-corrected chi connectivity index (χ0v) is 29.3. The standard InChI is InChI=1S/C34H47N9O5S/c1-5-42(6-2)19-9-17-35-32-39-33(36-18-10-20-43(7-3)8-4)41-34(40-32)38-26-13-11-24(12-14-26)31(45)37-27-15-16-29-25(21-27)22-28(23-30(29)44)49-48-47-46/h11-16,21-23,44,46H,5-10,17-20H2,1-4H3,(H,37,45)(H3,35,36,38,39,40,41). The van der Waals surface area contributed by atoms with Crippen LogP contribution in [0.2, 0.25) is 0 Å². The largest absolute Gasteiger partial charge is 0.507 e. The third-order valence-electron chi connectivity index (χ3n) is 8.02. The Morgan fingerprint density at radius 3 is 1.92 bits per heavy atom. The van der Waals surface area contributed by atoms with Crippen molar-refractivity contribution >= 4 is 57.9 Å². The lowest BCUT2D eigenvalue weighted by Gasteiger charge is -2.18. The maximum atomic E-state index is 13.1. The maximum absolute atomic E-state index is 13.1. The topological polar surface area (TPSA) is 169 Å². The van der Waals surface area contributed by atoms with E-state index in [1.165, 1.54) is 6.07 Å². The average Bonchev–Trinajstić information content (AvgIpc) is 3.11. The molecule has 3 aromatic carbocycles. The Morgan fingerprint density at radius 1 is 0.776 bits per heavy atom. The van der Waals surface area contributed by atoms with Crippen molar-refractivity contribution in [2.24, 2.45) is 0 Å². The van der Waals surface area contributed by atoms with Crippen LogP contribution in [0.25, 0.3) is 10.8 Å². The van der Waals surface area contributed by atoms with Gasteiger partial charge in [-0.3, -0.25) is 4.79 Å². The van der Waals surface area contributed by atoms with Gasteiger partial charge in [0.2, 0.25) is 17.8 Å².